The lowest BCUT2D eigenvalue weighted by Crippen LogP contribution is -2.51. The van der Waals surface area contributed by atoms with Crippen molar-refractivity contribution < 1.29 is 21.9 Å². The molecule has 4 rings (SSSR count). The van der Waals surface area contributed by atoms with E-state index in [9.17, 15) is 17.2 Å². The van der Waals surface area contributed by atoms with Crippen LogP contribution in [-0.2, 0) is 14.8 Å². The monoisotopic (exact) mass is 453 g/mol. The van der Waals surface area contributed by atoms with Crippen molar-refractivity contribution in [2.75, 3.05) is 30.8 Å². The van der Waals surface area contributed by atoms with Gasteiger partial charge in [-0.25, -0.2) is 41.4 Å². The van der Waals surface area contributed by atoms with Crippen molar-refractivity contribution in [3.63, 3.8) is 0 Å². The van der Waals surface area contributed by atoms with Gasteiger partial charge in [-0.05, 0) is 19.1 Å². The number of halogens is 2. The van der Waals surface area contributed by atoms with Crippen molar-refractivity contribution in [3.05, 3.63) is 36.4 Å². The maximum atomic E-state index is 13.1. The third kappa shape index (κ3) is 4.94. The molecule has 0 saturated carbocycles. The molecule has 0 radical (unpaired) electrons. The molecule has 1 aliphatic heterocycles. The number of imidazole rings is 1. The minimum atomic E-state index is -3.33. The zero-order valence-electron chi connectivity index (χ0n) is 16.8. The van der Waals surface area contributed by atoms with Gasteiger partial charge in [-0.3, -0.25) is 0 Å². The van der Waals surface area contributed by atoms with E-state index in [0.717, 1.165) is 6.26 Å². The molecule has 4 heterocycles. The second kappa shape index (κ2) is 8.40. The number of nitrogens with one attached hydrogen (secondary N) is 1. The molecule has 0 aromatic carbocycles. The molecule has 1 fully saturated rings. The van der Waals surface area contributed by atoms with Crippen molar-refractivity contribution in [3.8, 4) is 11.4 Å². The van der Waals surface area contributed by atoms with Gasteiger partial charge in [-0.15, -0.1) is 0 Å². The standard InChI is InChI=1S/C18H21F2N7O3S/c1-11-8-26(9-12(30-11)6-24-31(2,28)29)17-5-14(22-10-23-17)15-7-21-16-4-3-13(18(19)20)25-27(15)16/h3-5,7,10-12,18,24H,6,8-9H2,1-2H3/t11-,12+/m1/s1. The highest BCUT2D eigenvalue weighted by molar-refractivity contribution is 7.88. The summed E-state index contributed by atoms with van der Waals surface area (Å²) in [5.74, 6) is 0.601. The summed E-state index contributed by atoms with van der Waals surface area (Å²) >= 11 is 0. The van der Waals surface area contributed by atoms with Gasteiger partial charge in [0.15, 0.2) is 5.65 Å². The molecular formula is C18H21F2N7O3S. The van der Waals surface area contributed by atoms with Gasteiger partial charge >= 0.3 is 0 Å². The van der Waals surface area contributed by atoms with Crippen LogP contribution >= 0.6 is 0 Å². The third-order valence-corrected chi connectivity index (χ3v) is 5.44. The number of fused-ring (bicyclic) bond motifs is 1. The van der Waals surface area contributed by atoms with Gasteiger partial charge in [0.05, 0.1) is 30.4 Å². The first kappa shape index (κ1) is 21.5. The van der Waals surface area contributed by atoms with Gasteiger partial charge < -0.3 is 9.64 Å². The molecule has 3 aromatic heterocycles. The number of hydrogen-bond donors (Lipinski definition) is 1. The van der Waals surface area contributed by atoms with Crippen LogP contribution in [0.4, 0.5) is 14.6 Å². The van der Waals surface area contributed by atoms with Crippen LogP contribution in [0.2, 0.25) is 0 Å². The Labute approximate surface area is 177 Å². The maximum absolute atomic E-state index is 13.1. The van der Waals surface area contributed by atoms with Crippen molar-refractivity contribution in [2.45, 2.75) is 25.6 Å². The summed E-state index contributed by atoms with van der Waals surface area (Å²) < 4.78 is 58.5. The number of hydrogen-bond acceptors (Lipinski definition) is 8. The summed E-state index contributed by atoms with van der Waals surface area (Å²) in [5, 5.41) is 3.97. The smallest absolute Gasteiger partial charge is 0.282 e. The Kier molecular flexibility index (Phi) is 5.81. The van der Waals surface area contributed by atoms with Crippen LogP contribution in [0.15, 0.2) is 30.7 Å². The van der Waals surface area contributed by atoms with Gasteiger partial charge in [0.25, 0.3) is 6.43 Å². The van der Waals surface area contributed by atoms with E-state index >= 15 is 0 Å². The zero-order chi connectivity index (χ0) is 22.2. The number of nitrogens with zero attached hydrogens (tertiary/aromatic N) is 6. The van der Waals surface area contributed by atoms with Crippen molar-refractivity contribution in [1.29, 1.82) is 0 Å². The van der Waals surface area contributed by atoms with E-state index in [1.54, 1.807) is 6.07 Å². The fourth-order valence-electron chi connectivity index (χ4n) is 3.43. The molecular weight excluding hydrogens is 432 g/mol. The topological polar surface area (TPSA) is 115 Å². The molecule has 3 aromatic rings. The van der Waals surface area contributed by atoms with E-state index in [0.29, 0.717) is 35.9 Å². The molecule has 0 unspecified atom stereocenters. The number of alkyl halides is 2. The Hall–Kier alpha value is -2.77. The van der Waals surface area contributed by atoms with E-state index in [2.05, 4.69) is 24.8 Å². The fraction of sp³-hybridized carbons (Fsp3) is 0.444. The van der Waals surface area contributed by atoms with Gasteiger partial charge in [-0.1, -0.05) is 0 Å². The predicted molar refractivity (Wildman–Crippen MR) is 108 cm³/mol. The van der Waals surface area contributed by atoms with Crippen molar-refractivity contribution in [1.82, 2.24) is 29.3 Å². The molecule has 0 amide bonds. The van der Waals surface area contributed by atoms with Gasteiger partial charge in [0.2, 0.25) is 10.0 Å². The molecule has 0 bridgehead atoms. The minimum Gasteiger partial charge on any atom is -0.370 e. The van der Waals surface area contributed by atoms with E-state index in [1.807, 2.05) is 11.8 Å². The van der Waals surface area contributed by atoms with Gasteiger partial charge in [0, 0.05) is 25.7 Å². The van der Waals surface area contributed by atoms with Crippen LogP contribution in [0.1, 0.15) is 19.0 Å². The van der Waals surface area contributed by atoms with Crippen LogP contribution in [0.5, 0.6) is 0 Å². The predicted octanol–water partition coefficient (Wildman–Crippen LogP) is 1.27. The summed E-state index contributed by atoms with van der Waals surface area (Å²) in [6, 6.07) is 4.43. The normalized spacial score (nSPS) is 20.0. The second-order valence-corrected chi connectivity index (χ2v) is 9.16. The molecule has 0 spiro atoms. The summed E-state index contributed by atoms with van der Waals surface area (Å²) in [7, 11) is -3.33. The first-order valence-electron chi connectivity index (χ1n) is 9.50. The van der Waals surface area contributed by atoms with Crippen LogP contribution in [0.3, 0.4) is 0 Å². The number of rotatable bonds is 6. The first-order chi connectivity index (χ1) is 14.7. The summed E-state index contributed by atoms with van der Waals surface area (Å²) in [6.07, 6.45) is 0.785. The Morgan fingerprint density at radius 3 is 2.81 bits per heavy atom. The Bertz CT molecular complexity index is 1190. The number of ether oxygens (including phenoxy) is 1. The molecule has 10 nitrogen and oxygen atoms in total. The molecule has 1 saturated heterocycles. The van der Waals surface area contributed by atoms with E-state index in [4.69, 9.17) is 4.74 Å². The average Bonchev–Trinajstić information content (AvgIpc) is 3.15. The first-order valence-corrected chi connectivity index (χ1v) is 11.4. The Morgan fingerprint density at radius 1 is 1.26 bits per heavy atom. The maximum Gasteiger partial charge on any atom is 0.282 e. The molecule has 2 atom stereocenters. The lowest BCUT2D eigenvalue weighted by Gasteiger charge is -2.37. The third-order valence-electron chi connectivity index (χ3n) is 4.75. The number of sulfonamides is 1. The summed E-state index contributed by atoms with van der Waals surface area (Å²) in [4.78, 5) is 14.8. The van der Waals surface area contributed by atoms with E-state index in [-0.39, 0.29) is 24.4 Å². The van der Waals surface area contributed by atoms with Gasteiger partial charge in [-0.2, -0.15) is 5.10 Å². The SMILES string of the molecule is C[C@@H]1CN(c2cc(-c3cnc4ccc(C(F)F)nn34)ncn2)C[C@H](CNS(C)(=O)=O)O1. The van der Waals surface area contributed by atoms with E-state index in [1.165, 1.54) is 29.2 Å². The van der Waals surface area contributed by atoms with Crippen molar-refractivity contribution in [2.24, 2.45) is 0 Å². The number of aromatic nitrogens is 5. The molecule has 166 valence electrons. The molecule has 1 aliphatic rings. The number of anilines is 1. The lowest BCUT2D eigenvalue weighted by atomic mass is 10.2. The lowest BCUT2D eigenvalue weighted by molar-refractivity contribution is -0.0124. The molecule has 0 aliphatic carbocycles. The van der Waals surface area contributed by atoms with Crippen LogP contribution in [0.25, 0.3) is 17.0 Å². The molecule has 1 N–H and O–H groups in total. The largest absolute Gasteiger partial charge is 0.370 e. The quantitative estimate of drug-likeness (QED) is 0.594. The summed E-state index contributed by atoms with van der Waals surface area (Å²) in [5.41, 5.74) is 0.995. The van der Waals surface area contributed by atoms with Gasteiger partial charge in [0.1, 0.15) is 23.5 Å². The fourth-order valence-corrected chi connectivity index (χ4v) is 3.92. The van der Waals surface area contributed by atoms with E-state index < -0.39 is 16.4 Å². The minimum absolute atomic E-state index is 0.144. The second-order valence-electron chi connectivity index (χ2n) is 7.33. The van der Waals surface area contributed by atoms with Crippen LogP contribution in [-0.4, -0.2) is 71.1 Å². The Balaban J connectivity index is 1.61. The summed E-state index contributed by atoms with van der Waals surface area (Å²) in [6.45, 7) is 3.00. The van der Waals surface area contributed by atoms with Crippen molar-refractivity contribution >= 4 is 21.5 Å². The Morgan fingerprint density at radius 2 is 2.06 bits per heavy atom. The highest BCUT2D eigenvalue weighted by Crippen LogP contribution is 2.25. The average molecular weight is 453 g/mol. The number of morpholine rings is 1. The highest BCUT2D eigenvalue weighted by Gasteiger charge is 2.27. The zero-order valence-corrected chi connectivity index (χ0v) is 17.6. The highest BCUT2D eigenvalue weighted by atomic mass is 32.2. The molecule has 31 heavy (non-hydrogen) atoms. The molecule has 13 heteroatoms. The van der Waals surface area contributed by atoms with Crippen LogP contribution in [0, 0.1) is 0 Å². The van der Waals surface area contributed by atoms with Crippen LogP contribution < -0.4 is 9.62 Å².